The number of imidazole rings is 1. The van der Waals surface area contributed by atoms with Crippen LogP contribution in [-0.4, -0.2) is 46.8 Å². The number of fused-ring (bicyclic) bond motifs is 1. The summed E-state index contributed by atoms with van der Waals surface area (Å²) in [5.41, 5.74) is 4.43. The smallest absolute Gasteiger partial charge is 0.261 e. The first kappa shape index (κ1) is 21.5. The fraction of sp³-hybridized carbons (Fsp3) is 0.0833. The topological polar surface area (TPSA) is 105 Å². The van der Waals surface area contributed by atoms with Gasteiger partial charge in [-0.05, 0) is 30.3 Å². The van der Waals surface area contributed by atoms with Crippen molar-refractivity contribution in [3.05, 3.63) is 85.7 Å². The highest BCUT2D eigenvalue weighted by molar-refractivity contribution is 7.92. The summed E-state index contributed by atoms with van der Waals surface area (Å²) in [7, 11) is 0.0600. The Kier molecular flexibility index (Phi) is 5.42. The molecule has 0 aliphatic rings. The van der Waals surface area contributed by atoms with Gasteiger partial charge >= 0.3 is 0 Å². The van der Waals surface area contributed by atoms with Crippen LogP contribution < -0.4 is 9.62 Å². The highest BCUT2D eigenvalue weighted by Crippen LogP contribution is 2.27. The molecular formula is C24H21N7O2S. The van der Waals surface area contributed by atoms with E-state index in [2.05, 4.69) is 24.7 Å². The lowest BCUT2D eigenvalue weighted by Crippen LogP contribution is -2.13. The number of pyridine rings is 2. The molecule has 5 rings (SSSR count). The van der Waals surface area contributed by atoms with Crippen LogP contribution in [0, 0.1) is 0 Å². The molecule has 0 unspecified atom stereocenters. The largest absolute Gasteiger partial charge is 0.347 e. The molecule has 0 saturated heterocycles. The Morgan fingerprint density at radius 1 is 0.824 bits per heavy atom. The molecule has 1 aromatic carbocycles. The Morgan fingerprint density at radius 3 is 2.32 bits per heavy atom. The number of sulfonamides is 1. The van der Waals surface area contributed by atoms with Crippen molar-refractivity contribution >= 4 is 27.3 Å². The van der Waals surface area contributed by atoms with Crippen LogP contribution in [0.1, 0.15) is 0 Å². The highest BCUT2D eigenvalue weighted by Gasteiger charge is 2.15. The van der Waals surface area contributed by atoms with E-state index in [1.165, 1.54) is 6.20 Å². The zero-order chi connectivity index (χ0) is 23.7. The van der Waals surface area contributed by atoms with Crippen LogP contribution in [0.25, 0.3) is 28.0 Å². The molecule has 0 fully saturated rings. The highest BCUT2D eigenvalue weighted by atomic mass is 32.2. The van der Waals surface area contributed by atoms with Crippen LogP contribution in [0.3, 0.4) is 0 Å². The van der Waals surface area contributed by atoms with E-state index < -0.39 is 10.0 Å². The van der Waals surface area contributed by atoms with Crippen molar-refractivity contribution in [2.75, 3.05) is 23.7 Å². The second kappa shape index (κ2) is 8.56. The Morgan fingerprint density at radius 2 is 1.59 bits per heavy atom. The molecular weight excluding hydrogens is 450 g/mol. The van der Waals surface area contributed by atoms with Gasteiger partial charge in [-0.2, -0.15) is 0 Å². The first-order chi connectivity index (χ1) is 16.4. The van der Waals surface area contributed by atoms with Gasteiger partial charge in [0.25, 0.3) is 10.0 Å². The second-order valence-corrected chi connectivity index (χ2v) is 9.52. The fourth-order valence-corrected chi connectivity index (χ4v) is 4.57. The molecule has 0 aliphatic heterocycles. The number of rotatable bonds is 6. The van der Waals surface area contributed by atoms with Gasteiger partial charge in [-0.1, -0.05) is 18.2 Å². The van der Waals surface area contributed by atoms with E-state index in [1.54, 1.807) is 61.2 Å². The monoisotopic (exact) mass is 471 g/mol. The summed E-state index contributed by atoms with van der Waals surface area (Å²) < 4.78 is 29.9. The molecule has 0 aliphatic carbocycles. The number of nitrogens with one attached hydrogen (secondary N) is 1. The number of nitrogens with zero attached hydrogens (tertiary/aromatic N) is 6. The molecule has 9 nitrogen and oxygen atoms in total. The summed E-state index contributed by atoms with van der Waals surface area (Å²) in [6.07, 6.45) is 10.4. The van der Waals surface area contributed by atoms with Crippen LogP contribution in [0.15, 0.2) is 90.6 Å². The van der Waals surface area contributed by atoms with Crippen LogP contribution in [0.2, 0.25) is 0 Å². The number of hydrogen-bond acceptors (Lipinski definition) is 7. The maximum atomic E-state index is 12.7. The van der Waals surface area contributed by atoms with Gasteiger partial charge < -0.3 is 4.90 Å². The van der Waals surface area contributed by atoms with E-state index in [0.29, 0.717) is 11.6 Å². The summed E-state index contributed by atoms with van der Waals surface area (Å²) >= 11 is 0. The normalized spacial score (nSPS) is 11.5. The second-order valence-electron chi connectivity index (χ2n) is 7.84. The predicted octanol–water partition coefficient (Wildman–Crippen LogP) is 3.72. The zero-order valence-corrected chi connectivity index (χ0v) is 19.3. The molecule has 0 radical (unpaired) electrons. The molecule has 0 bridgehead atoms. The zero-order valence-electron chi connectivity index (χ0n) is 18.5. The molecule has 4 heterocycles. The van der Waals surface area contributed by atoms with Crippen molar-refractivity contribution in [3.63, 3.8) is 0 Å². The van der Waals surface area contributed by atoms with Gasteiger partial charge in [0.05, 0.1) is 28.7 Å². The quantitative estimate of drug-likeness (QED) is 0.402. The van der Waals surface area contributed by atoms with Gasteiger partial charge in [0.1, 0.15) is 5.65 Å². The molecule has 4 aromatic heterocycles. The number of anilines is 2. The minimum Gasteiger partial charge on any atom is -0.347 e. The maximum Gasteiger partial charge on any atom is 0.261 e. The minimum absolute atomic E-state index is 0.187. The molecule has 1 N–H and O–H groups in total. The SMILES string of the molecule is CN(C)c1ncc(-c2cnc3ccc(-c4cncc(NS(=O)(=O)c5ccccc5)c4)cn23)cn1. The Labute approximate surface area is 196 Å². The summed E-state index contributed by atoms with van der Waals surface area (Å²) in [4.78, 5) is 19.5. The lowest BCUT2D eigenvalue weighted by Gasteiger charge is -2.11. The van der Waals surface area contributed by atoms with Crippen LogP contribution in [-0.2, 0) is 10.0 Å². The molecule has 0 saturated carbocycles. The summed E-state index contributed by atoms with van der Waals surface area (Å²) in [5, 5.41) is 0. The number of hydrogen-bond donors (Lipinski definition) is 1. The third kappa shape index (κ3) is 4.18. The van der Waals surface area contributed by atoms with E-state index >= 15 is 0 Å². The van der Waals surface area contributed by atoms with Gasteiger partial charge in [0, 0.05) is 55.6 Å². The summed E-state index contributed by atoms with van der Waals surface area (Å²) in [5.74, 6) is 0.624. The van der Waals surface area contributed by atoms with E-state index in [4.69, 9.17) is 0 Å². The molecule has 0 amide bonds. The summed E-state index contributed by atoms with van der Waals surface area (Å²) in [6.45, 7) is 0. The first-order valence-corrected chi connectivity index (χ1v) is 11.9. The summed E-state index contributed by atoms with van der Waals surface area (Å²) in [6, 6.07) is 13.8. The average molecular weight is 472 g/mol. The predicted molar refractivity (Wildman–Crippen MR) is 131 cm³/mol. The molecule has 0 spiro atoms. The first-order valence-electron chi connectivity index (χ1n) is 10.4. The fourth-order valence-electron chi connectivity index (χ4n) is 3.52. The maximum absolute atomic E-state index is 12.7. The molecule has 10 heteroatoms. The molecule has 34 heavy (non-hydrogen) atoms. The van der Waals surface area contributed by atoms with Gasteiger partial charge in [0.15, 0.2) is 0 Å². The lowest BCUT2D eigenvalue weighted by molar-refractivity contribution is 0.601. The van der Waals surface area contributed by atoms with E-state index in [0.717, 1.165) is 28.0 Å². The Hall–Kier alpha value is -4.31. The third-order valence-electron chi connectivity index (χ3n) is 5.22. The standard InChI is InChI=1S/C24H21N7O2S/c1-30(2)24-27-12-19(13-28-24)22-15-26-23-9-8-17(16-31(22)23)18-10-20(14-25-11-18)29-34(32,33)21-6-4-3-5-7-21/h3-16,29H,1-2H3. The van der Waals surface area contributed by atoms with Crippen LogP contribution in [0.5, 0.6) is 0 Å². The van der Waals surface area contributed by atoms with Gasteiger partial charge in [-0.3, -0.25) is 14.1 Å². The van der Waals surface area contributed by atoms with E-state index in [9.17, 15) is 8.42 Å². The average Bonchev–Trinajstić information content (AvgIpc) is 3.28. The molecule has 5 aromatic rings. The Balaban J connectivity index is 1.49. The van der Waals surface area contributed by atoms with E-state index in [-0.39, 0.29) is 4.90 Å². The van der Waals surface area contributed by atoms with Crippen molar-refractivity contribution in [3.8, 4) is 22.4 Å². The van der Waals surface area contributed by atoms with Crippen molar-refractivity contribution in [1.82, 2.24) is 24.3 Å². The molecule has 0 atom stereocenters. The van der Waals surface area contributed by atoms with Crippen molar-refractivity contribution in [2.45, 2.75) is 4.90 Å². The number of benzene rings is 1. The third-order valence-corrected chi connectivity index (χ3v) is 6.61. The van der Waals surface area contributed by atoms with Crippen LogP contribution in [0.4, 0.5) is 11.6 Å². The number of aromatic nitrogens is 5. The van der Waals surface area contributed by atoms with Crippen molar-refractivity contribution < 1.29 is 8.42 Å². The molecule has 170 valence electrons. The lowest BCUT2D eigenvalue weighted by atomic mass is 10.1. The van der Waals surface area contributed by atoms with Crippen molar-refractivity contribution in [1.29, 1.82) is 0 Å². The van der Waals surface area contributed by atoms with Crippen LogP contribution >= 0.6 is 0 Å². The van der Waals surface area contributed by atoms with E-state index in [1.807, 2.05) is 41.7 Å². The van der Waals surface area contributed by atoms with Crippen molar-refractivity contribution in [2.24, 2.45) is 0 Å². The van der Waals surface area contributed by atoms with Gasteiger partial charge in [-0.15, -0.1) is 0 Å². The van der Waals surface area contributed by atoms with Gasteiger partial charge in [0.2, 0.25) is 5.95 Å². The minimum atomic E-state index is -3.71. The Bertz CT molecular complexity index is 1560. The van der Waals surface area contributed by atoms with Gasteiger partial charge in [-0.25, -0.2) is 23.4 Å².